The molecule has 0 radical (unpaired) electrons. The fraction of sp³-hybridized carbons (Fsp3) is 0.286. The molecule has 0 bridgehead atoms. The Balaban J connectivity index is 1.77. The van der Waals surface area contributed by atoms with Crippen LogP contribution in [0.4, 0.5) is 11.5 Å². The van der Waals surface area contributed by atoms with Crippen molar-refractivity contribution < 1.29 is 4.79 Å². The van der Waals surface area contributed by atoms with E-state index in [2.05, 4.69) is 34.0 Å². The lowest BCUT2D eigenvalue weighted by Crippen LogP contribution is -2.26. The molecule has 134 valence electrons. The monoisotopic (exact) mass is 348 g/mol. The molecule has 5 heteroatoms. The number of nitrogens with zero attached hydrogens (tertiary/aromatic N) is 3. The Hall–Kier alpha value is -2.95. The fourth-order valence-corrected chi connectivity index (χ4v) is 2.99. The number of aromatic nitrogens is 2. The number of rotatable bonds is 7. The average Bonchev–Trinajstić information content (AvgIpc) is 2.68. The molecule has 1 N–H and O–H groups in total. The first-order chi connectivity index (χ1) is 12.7. The van der Waals surface area contributed by atoms with Gasteiger partial charge in [-0.2, -0.15) is 0 Å². The van der Waals surface area contributed by atoms with E-state index in [0.29, 0.717) is 11.3 Å². The standard InChI is InChI=1S/C21H24N4O/c1-3-13-25(14-4-2)19-11-10-17(15-23-19)21(26)24-18-9-5-7-16-8-6-12-22-20(16)18/h5-12,15H,3-4,13-14H2,1-2H3,(H,24,26). The molecular weight excluding hydrogens is 324 g/mol. The van der Waals surface area contributed by atoms with Crippen LogP contribution in [0.1, 0.15) is 37.0 Å². The molecule has 0 saturated carbocycles. The van der Waals surface area contributed by atoms with Crippen molar-refractivity contribution in [3.63, 3.8) is 0 Å². The van der Waals surface area contributed by atoms with Crippen molar-refractivity contribution in [1.29, 1.82) is 0 Å². The highest BCUT2D eigenvalue weighted by Crippen LogP contribution is 2.21. The van der Waals surface area contributed by atoms with Crippen LogP contribution in [0, 0.1) is 0 Å². The molecule has 3 aromatic rings. The third-order valence-corrected chi connectivity index (χ3v) is 4.20. The SMILES string of the molecule is CCCN(CCC)c1ccc(C(=O)Nc2cccc3cccnc23)cn1. The molecule has 0 fully saturated rings. The van der Waals surface area contributed by atoms with Crippen LogP contribution in [0.2, 0.25) is 0 Å². The molecule has 1 amide bonds. The minimum atomic E-state index is -0.181. The molecule has 1 aromatic carbocycles. The van der Waals surface area contributed by atoms with Gasteiger partial charge in [-0.3, -0.25) is 9.78 Å². The molecule has 0 aliphatic carbocycles. The number of nitrogens with one attached hydrogen (secondary N) is 1. The molecule has 2 heterocycles. The van der Waals surface area contributed by atoms with E-state index in [1.807, 2.05) is 42.5 Å². The average molecular weight is 348 g/mol. The van der Waals surface area contributed by atoms with E-state index in [1.54, 1.807) is 12.4 Å². The van der Waals surface area contributed by atoms with E-state index in [1.165, 1.54) is 0 Å². The lowest BCUT2D eigenvalue weighted by molar-refractivity contribution is 0.102. The van der Waals surface area contributed by atoms with Crippen molar-refractivity contribution in [3.05, 3.63) is 60.4 Å². The molecule has 26 heavy (non-hydrogen) atoms. The first-order valence-electron chi connectivity index (χ1n) is 9.09. The number of carbonyl (C=O) groups is 1. The summed E-state index contributed by atoms with van der Waals surface area (Å²) in [5, 5.41) is 3.94. The van der Waals surface area contributed by atoms with E-state index in [9.17, 15) is 4.79 Å². The van der Waals surface area contributed by atoms with Crippen LogP contribution in [0.5, 0.6) is 0 Å². The minimum absolute atomic E-state index is 0.181. The van der Waals surface area contributed by atoms with Gasteiger partial charge < -0.3 is 10.2 Å². The van der Waals surface area contributed by atoms with Crippen molar-refractivity contribution in [2.24, 2.45) is 0 Å². The zero-order chi connectivity index (χ0) is 18.4. The van der Waals surface area contributed by atoms with E-state index in [-0.39, 0.29) is 5.91 Å². The van der Waals surface area contributed by atoms with Crippen molar-refractivity contribution in [1.82, 2.24) is 9.97 Å². The van der Waals surface area contributed by atoms with E-state index >= 15 is 0 Å². The van der Waals surface area contributed by atoms with Gasteiger partial charge in [-0.15, -0.1) is 0 Å². The Kier molecular flexibility index (Phi) is 5.79. The van der Waals surface area contributed by atoms with Gasteiger partial charge in [0.15, 0.2) is 0 Å². The summed E-state index contributed by atoms with van der Waals surface area (Å²) in [5.74, 6) is 0.733. The van der Waals surface area contributed by atoms with Crippen molar-refractivity contribution in [2.75, 3.05) is 23.3 Å². The van der Waals surface area contributed by atoms with Crippen LogP contribution in [0.3, 0.4) is 0 Å². The number of para-hydroxylation sites is 1. The third-order valence-electron chi connectivity index (χ3n) is 4.20. The number of benzene rings is 1. The summed E-state index contributed by atoms with van der Waals surface area (Å²) in [4.78, 5) is 23.7. The van der Waals surface area contributed by atoms with Crippen LogP contribution in [0.15, 0.2) is 54.9 Å². The number of hydrogen-bond acceptors (Lipinski definition) is 4. The lowest BCUT2D eigenvalue weighted by atomic mass is 10.2. The van der Waals surface area contributed by atoms with Gasteiger partial charge in [0.25, 0.3) is 5.91 Å². The van der Waals surface area contributed by atoms with Gasteiger partial charge in [0.1, 0.15) is 5.82 Å². The Morgan fingerprint density at radius 2 is 1.77 bits per heavy atom. The highest BCUT2D eigenvalue weighted by atomic mass is 16.1. The Morgan fingerprint density at radius 3 is 2.46 bits per heavy atom. The smallest absolute Gasteiger partial charge is 0.257 e. The van der Waals surface area contributed by atoms with Crippen LogP contribution >= 0.6 is 0 Å². The fourth-order valence-electron chi connectivity index (χ4n) is 2.99. The first-order valence-corrected chi connectivity index (χ1v) is 9.09. The molecular formula is C21H24N4O. The maximum Gasteiger partial charge on any atom is 0.257 e. The first kappa shape index (κ1) is 17.9. The van der Waals surface area contributed by atoms with Gasteiger partial charge >= 0.3 is 0 Å². The lowest BCUT2D eigenvalue weighted by Gasteiger charge is -2.22. The van der Waals surface area contributed by atoms with Gasteiger partial charge in [0.2, 0.25) is 0 Å². The summed E-state index contributed by atoms with van der Waals surface area (Å²) in [5.41, 5.74) is 2.02. The highest BCUT2D eigenvalue weighted by molar-refractivity contribution is 6.08. The van der Waals surface area contributed by atoms with Crippen molar-refractivity contribution >= 4 is 28.3 Å². The van der Waals surface area contributed by atoms with E-state index < -0.39 is 0 Å². The maximum absolute atomic E-state index is 12.6. The Morgan fingerprint density at radius 1 is 1.00 bits per heavy atom. The van der Waals surface area contributed by atoms with Crippen LogP contribution in [0.25, 0.3) is 10.9 Å². The predicted molar refractivity (Wildman–Crippen MR) is 107 cm³/mol. The van der Waals surface area contributed by atoms with E-state index in [0.717, 1.165) is 42.7 Å². The Labute approximate surface area is 154 Å². The normalized spacial score (nSPS) is 10.7. The molecule has 0 spiro atoms. The molecule has 0 atom stereocenters. The number of amides is 1. The molecule has 2 aromatic heterocycles. The zero-order valence-electron chi connectivity index (χ0n) is 15.3. The molecule has 0 unspecified atom stereocenters. The number of hydrogen-bond donors (Lipinski definition) is 1. The third kappa shape index (κ3) is 3.99. The summed E-state index contributed by atoms with van der Waals surface area (Å²) in [6.45, 7) is 6.24. The highest BCUT2D eigenvalue weighted by Gasteiger charge is 2.11. The quantitative estimate of drug-likeness (QED) is 0.682. The topological polar surface area (TPSA) is 58.1 Å². The van der Waals surface area contributed by atoms with E-state index in [4.69, 9.17) is 0 Å². The predicted octanol–water partition coefficient (Wildman–Crippen LogP) is 4.51. The number of carbonyl (C=O) groups excluding carboxylic acids is 1. The number of anilines is 2. The maximum atomic E-state index is 12.6. The largest absolute Gasteiger partial charge is 0.357 e. The summed E-state index contributed by atoms with van der Waals surface area (Å²) in [7, 11) is 0. The number of pyridine rings is 2. The molecule has 0 aliphatic rings. The summed E-state index contributed by atoms with van der Waals surface area (Å²) in [6, 6.07) is 13.4. The van der Waals surface area contributed by atoms with Crippen molar-refractivity contribution in [3.8, 4) is 0 Å². The number of fused-ring (bicyclic) bond motifs is 1. The van der Waals surface area contributed by atoms with Gasteiger partial charge in [-0.05, 0) is 37.1 Å². The van der Waals surface area contributed by atoms with Gasteiger partial charge in [0, 0.05) is 30.9 Å². The zero-order valence-corrected chi connectivity index (χ0v) is 15.3. The summed E-state index contributed by atoms with van der Waals surface area (Å²) in [6.07, 6.45) is 5.50. The summed E-state index contributed by atoms with van der Waals surface area (Å²) < 4.78 is 0. The van der Waals surface area contributed by atoms with Crippen LogP contribution < -0.4 is 10.2 Å². The van der Waals surface area contributed by atoms with Crippen LogP contribution in [-0.4, -0.2) is 29.0 Å². The summed E-state index contributed by atoms with van der Waals surface area (Å²) >= 11 is 0. The van der Waals surface area contributed by atoms with Crippen molar-refractivity contribution in [2.45, 2.75) is 26.7 Å². The molecule has 3 rings (SSSR count). The second-order valence-corrected chi connectivity index (χ2v) is 6.23. The van der Waals surface area contributed by atoms with Gasteiger partial charge in [-0.25, -0.2) is 4.98 Å². The molecule has 0 saturated heterocycles. The van der Waals surface area contributed by atoms with Crippen LogP contribution in [-0.2, 0) is 0 Å². The molecule has 5 nitrogen and oxygen atoms in total. The Bertz CT molecular complexity index is 865. The second-order valence-electron chi connectivity index (χ2n) is 6.23. The van der Waals surface area contributed by atoms with Gasteiger partial charge in [-0.1, -0.05) is 32.0 Å². The minimum Gasteiger partial charge on any atom is -0.357 e. The molecule has 0 aliphatic heterocycles. The second kappa shape index (κ2) is 8.43. The van der Waals surface area contributed by atoms with Gasteiger partial charge in [0.05, 0.1) is 16.8 Å².